The second kappa shape index (κ2) is 5.34. The third kappa shape index (κ3) is 2.71. The van der Waals surface area contributed by atoms with Gasteiger partial charge in [0, 0.05) is 0 Å². The van der Waals surface area contributed by atoms with Gasteiger partial charge < -0.3 is 0 Å². The van der Waals surface area contributed by atoms with Gasteiger partial charge in [0.1, 0.15) is 0 Å². The number of hydrogen-bond acceptors (Lipinski definition) is 4. The Kier molecular flexibility index (Phi) is 3.99. The van der Waals surface area contributed by atoms with E-state index in [2.05, 4.69) is 4.72 Å². The Morgan fingerprint density at radius 3 is 2.61 bits per heavy atom. The highest BCUT2D eigenvalue weighted by Gasteiger charge is 2.18. The topological polar surface area (TPSA) is 46.2 Å². The van der Waals surface area contributed by atoms with Crippen molar-refractivity contribution in [2.24, 2.45) is 0 Å². The molecule has 0 aliphatic heterocycles. The fraction of sp³-hybridized carbons (Fsp3) is 0.167. The molecule has 3 nitrogen and oxygen atoms in total. The Labute approximate surface area is 115 Å². The summed E-state index contributed by atoms with van der Waals surface area (Å²) in [6.45, 7) is 1.79. The van der Waals surface area contributed by atoms with Crippen LogP contribution in [0, 0.1) is 6.92 Å². The van der Waals surface area contributed by atoms with Gasteiger partial charge in [-0.25, -0.2) is 8.42 Å². The lowest BCUT2D eigenvalue weighted by molar-refractivity contribution is 0.600. The molecule has 0 aliphatic rings. The van der Waals surface area contributed by atoms with E-state index in [0.717, 1.165) is 9.77 Å². The van der Waals surface area contributed by atoms with Gasteiger partial charge in [-0.05, 0) is 36.3 Å². The number of anilines is 1. The third-order valence-electron chi connectivity index (χ3n) is 2.44. The summed E-state index contributed by atoms with van der Waals surface area (Å²) in [5.74, 6) is 0. The van der Waals surface area contributed by atoms with Crippen molar-refractivity contribution >= 4 is 38.8 Å². The molecule has 0 aliphatic carbocycles. The number of aryl methyl sites for hydroxylation is 1. The van der Waals surface area contributed by atoms with Gasteiger partial charge in [0.25, 0.3) is 10.0 Å². The largest absolute Gasteiger partial charge is 0.278 e. The molecule has 1 aromatic heterocycles. The Balaban J connectivity index is 2.37. The van der Waals surface area contributed by atoms with Gasteiger partial charge >= 0.3 is 0 Å². The fourth-order valence-electron chi connectivity index (χ4n) is 1.59. The highest BCUT2D eigenvalue weighted by molar-refractivity contribution is 8.00. The summed E-state index contributed by atoms with van der Waals surface area (Å²) in [5.41, 5.74) is 1.39. The van der Waals surface area contributed by atoms with Crippen LogP contribution < -0.4 is 4.72 Å². The van der Waals surface area contributed by atoms with Crippen LogP contribution in [0.2, 0.25) is 0 Å². The van der Waals surface area contributed by atoms with Crippen LogP contribution in [-0.2, 0) is 10.0 Å². The van der Waals surface area contributed by atoms with Gasteiger partial charge in [0.2, 0.25) is 0 Å². The first-order chi connectivity index (χ1) is 8.54. The molecule has 0 amide bonds. The molecule has 1 N–H and O–H groups in total. The smallest absolute Gasteiger partial charge is 0.262 e. The molecule has 6 heteroatoms. The summed E-state index contributed by atoms with van der Waals surface area (Å²) in [6.07, 6.45) is 1.93. The zero-order chi connectivity index (χ0) is 13.2. The van der Waals surface area contributed by atoms with E-state index in [0.29, 0.717) is 10.6 Å². The molecule has 0 atom stereocenters. The Hall–Kier alpha value is -0.980. The lowest BCUT2D eigenvalue weighted by Gasteiger charge is -2.09. The number of thiophene rings is 1. The van der Waals surface area contributed by atoms with Crippen molar-refractivity contribution in [1.82, 2.24) is 0 Å². The lowest BCUT2D eigenvalue weighted by atomic mass is 10.2. The van der Waals surface area contributed by atoms with Crippen LogP contribution in [0.4, 0.5) is 5.69 Å². The van der Waals surface area contributed by atoms with Gasteiger partial charge in [0.05, 0.1) is 14.8 Å². The second-order valence-electron chi connectivity index (χ2n) is 3.70. The average molecular weight is 299 g/mol. The summed E-state index contributed by atoms with van der Waals surface area (Å²) in [7, 11) is -3.50. The van der Waals surface area contributed by atoms with Gasteiger partial charge in [0.15, 0.2) is 0 Å². The van der Waals surface area contributed by atoms with Crippen molar-refractivity contribution in [3.05, 3.63) is 41.3 Å². The van der Waals surface area contributed by atoms with Crippen molar-refractivity contribution in [1.29, 1.82) is 0 Å². The number of rotatable bonds is 4. The third-order valence-corrected chi connectivity index (χ3v) is 6.05. The lowest BCUT2D eigenvalue weighted by Crippen LogP contribution is -2.14. The van der Waals surface area contributed by atoms with E-state index in [1.54, 1.807) is 31.2 Å². The normalized spacial score (nSPS) is 11.4. The minimum Gasteiger partial charge on any atom is -0.278 e. The first-order valence-electron chi connectivity index (χ1n) is 5.24. The molecular formula is C12H13NO2S3. The molecule has 0 radical (unpaired) electrons. The summed E-state index contributed by atoms with van der Waals surface area (Å²) in [6, 6.07) is 8.74. The van der Waals surface area contributed by atoms with E-state index in [1.165, 1.54) is 23.1 Å². The molecule has 1 heterocycles. The maximum Gasteiger partial charge on any atom is 0.262 e. The van der Waals surface area contributed by atoms with Crippen LogP contribution in [0.1, 0.15) is 5.56 Å². The zero-order valence-electron chi connectivity index (χ0n) is 10.0. The molecule has 0 bridgehead atoms. The molecule has 1 aromatic carbocycles. The predicted molar refractivity (Wildman–Crippen MR) is 78.1 cm³/mol. The molecule has 0 unspecified atom stereocenters. The minimum atomic E-state index is -3.50. The highest BCUT2D eigenvalue weighted by Crippen LogP contribution is 2.32. The van der Waals surface area contributed by atoms with E-state index >= 15 is 0 Å². The van der Waals surface area contributed by atoms with Crippen LogP contribution in [0.3, 0.4) is 0 Å². The van der Waals surface area contributed by atoms with Gasteiger partial charge in [-0.1, -0.05) is 18.2 Å². The Morgan fingerprint density at radius 1 is 1.22 bits per heavy atom. The van der Waals surface area contributed by atoms with Crippen LogP contribution in [0.15, 0.2) is 44.8 Å². The summed E-state index contributed by atoms with van der Waals surface area (Å²) in [5, 5.41) is 1.88. The van der Waals surface area contributed by atoms with Gasteiger partial charge in [-0.2, -0.15) is 0 Å². The first kappa shape index (κ1) is 13.5. The second-order valence-corrected chi connectivity index (χ2v) is 7.34. The SMILES string of the molecule is CSc1sccc1NS(=O)(=O)c1ccccc1C. The molecular weight excluding hydrogens is 286 g/mol. The van der Waals surface area contributed by atoms with Crippen molar-refractivity contribution in [3.8, 4) is 0 Å². The predicted octanol–water partition coefficient (Wildman–Crippen LogP) is 3.58. The summed E-state index contributed by atoms with van der Waals surface area (Å²) in [4.78, 5) is 0.322. The summed E-state index contributed by atoms with van der Waals surface area (Å²) >= 11 is 3.06. The van der Waals surface area contributed by atoms with Crippen molar-refractivity contribution < 1.29 is 8.42 Å². The maximum atomic E-state index is 12.3. The molecule has 0 saturated carbocycles. The van der Waals surface area contributed by atoms with E-state index in [-0.39, 0.29) is 0 Å². The molecule has 0 fully saturated rings. The van der Waals surface area contributed by atoms with E-state index in [1.807, 2.05) is 17.7 Å². The molecule has 2 aromatic rings. The molecule has 0 saturated heterocycles. The Bertz CT molecular complexity index is 647. The van der Waals surface area contributed by atoms with Crippen LogP contribution in [0.5, 0.6) is 0 Å². The number of thioether (sulfide) groups is 1. The monoisotopic (exact) mass is 299 g/mol. The van der Waals surface area contributed by atoms with Crippen LogP contribution in [-0.4, -0.2) is 14.7 Å². The average Bonchev–Trinajstić information content (AvgIpc) is 2.76. The number of benzene rings is 1. The van der Waals surface area contributed by atoms with Gasteiger partial charge in [-0.15, -0.1) is 23.1 Å². The quantitative estimate of drug-likeness (QED) is 0.878. The number of sulfonamides is 1. The minimum absolute atomic E-state index is 0.322. The fourth-order valence-corrected chi connectivity index (χ4v) is 4.50. The maximum absolute atomic E-state index is 12.3. The van der Waals surface area contributed by atoms with Crippen LogP contribution in [0.25, 0.3) is 0 Å². The highest BCUT2D eigenvalue weighted by atomic mass is 32.2. The van der Waals surface area contributed by atoms with Crippen molar-refractivity contribution in [3.63, 3.8) is 0 Å². The zero-order valence-corrected chi connectivity index (χ0v) is 12.5. The molecule has 2 rings (SSSR count). The van der Waals surface area contributed by atoms with E-state index in [4.69, 9.17) is 0 Å². The van der Waals surface area contributed by atoms with E-state index in [9.17, 15) is 8.42 Å². The van der Waals surface area contributed by atoms with Crippen molar-refractivity contribution in [2.45, 2.75) is 16.0 Å². The molecule has 96 valence electrons. The summed E-state index contributed by atoms with van der Waals surface area (Å²) < 4.78 is 28.1. The number of nitrogens with one attached hydrogen (secondary N) is 1. The van der Waals surface area contributed by atoms with Gasteiger partial charge in [-0.3, -0.25) is 4.72 Å². The van der Waals surface area contributed by atoms with Crippen LogP contribution >= 0.6 is 23.1 Å². The van der Waals surface area contributed by atoms with E-state index < -0.39 is 10.0 Å². The standard InChI is InChI=1S/C12H13NO2S3/c1-9-5-3-4-6-11(9)18(14,15)13-10-7-8-17-12(10)16-2/h3-8,13H,1-2H3. The Morgan fingerprint density at radius 2 is 1.94 bits per heavy atom. The molecule has 18 heavy (non-hydrogen) atoms. The first-order valence-corrected chi connectivity index (χ1v) is 8.83. The van der Waals surface area contributed by atoms with Crippen molar-refractivity contribution in [2.75, 3.05) is 11.0 Å². The molecule has 0 spiro atoms. The number of hydrogen-bond donors (Lipinski definition) is 1.